The van der Waals surface area contributed by atoms with Crippen LogP contribution in [0.25, 0.3) is 0 Å². The van der Waals surface area contributed by atoms with Crippen LogP contribution in [-0.4, -0.2) is 5.11 Å². The molecule has 4 rings (SSSR count). The van der Waals surface area contributed by atoms with E-state index in [0.717, 1.165) is 11.5 Å². The fraction of sp³-hybridized carbons (Fsp3) is 0.409. The van der Waals surface area contributed by atoms with Crippen LogP contribution >= 0.6 is 0 Å². The third-order valence-corrected chi connectivity index (χ3v) is 6.36. The van der Waals surface area contributed by atoms with Crippen molar-refractivity contribution in [2.75, 3.05) is 0 Å². The quantitative estimate of drug-likeness (QED) is 0.832. The summed E-state index contributed by atoms with van der Waals surface area (Å²) in [5.41, 5.74) is 3.41. The fourth-order valence-corrected chi connectivity index (χ4v) is 5.28. The minimum Gasteiger partial charge on any atom is -0.508 e. The molecule has 0 aliphatic heterocycles. The van der Waals surface area contributed by atoms with Gasteiger partial charge in [0.2, 0.25) is 0 Å². The maximum atomic E-state index is 9.72. The summed E-state index contributed by atoms with van der Waals surface area (Å²) in [6, 6.07) is 18.3. The highest BCUT2D eigenvalue weighted by atomic mass is 16.3. The van der Waals surface area contributed by atoms with Crippen LogP contribution in [0.4, 0.5) is 0 Å². The molecular weight excluding hydrogens is 294 g/mol. The highest BCUT2D eigenvalue weighted by Crippen LogP contribution is 2.57. The van der Waals surface area contributed by atoms with Crippen LogP contribution in [0.5, 0.6) is 5.75 Å². The van der Waals surface area contributed by atoms with Crippen LogP contribution in [0, 0.1) is 23.2 Å². The normalized spacial score (nSPS) is 29.0. The van der Waals surface area contributed by atoms with Gasteiger partial charge in [0.15, 0.2) is 0 Å². The molecule has 3 atom stereocenters. The molecule has 0 bridgehead atoms. The van der Waals surface area contributed by atoms with Crippen molar-refractivity contribution in [2.24, 2.45) is 11.8 Å². The van der Waals surface area contributed by atoms with Crippen molar-refractivity contribution in [3.05, 3.63) is 65.2 Å². The van der Waals surface area contributed by atoms with Gasteiger partial charge in [-0.3, -0.25) is 0 Å². The van der Waals surface area contributed by atoms with E-state index in [2.05, 4.69) is 30.3 Å². The second-order valence-corrected chi connectivity index (χ2v) is 7.40. The molecule has 0 aromatic heterocycles. The number of aromatic hydroxyl groups is 1. The molecule has 1 N–H and O–H groups in total. The third-order valence-electron chi connectivity index (χ3n) is 6.36. The Morgan fingerprint density at radius 2 is 1.50 bits per heavy atom. The van der Waals surface area contributed by atoms with E-state index in [9.17, 15) is 5.11 Å². The lowest BCUT2D eigenvalue weighted by Crippen LogP contribution is -2.35. The van der Waals surface area contributed by atoms with Gasteiger partial charge in [-0.05, 0) is 66.5 Å². The first-order valence-electron chi connectivity index (χ1n) is 9.04. The highest BCUT2D eigenvalue weighted by molar-refractivity contribution is 5.46. The second-order valence-electron chi connectivity index (χ2n) is 7.40. The summed E-state index contributed by atoms with van der Waals surface area (Å²) in [7, 11) is 0. The van der Waals surface area contributed by atoms with Crippen molar-refractivity contribution in [3.8, 4) is 11.8 Å². The Kier molecular flexibility index (Phi) is 3.81. The minimum absolute atomic E-state index is 0.0345. The van der Waals surface area contributed by atoms with Gasteiger partial charge in [-0.1, -0.05) is 43.5 Å². The molecule has 2 aliphatic rings. The molecule has 24 heavy (non-hydrogen) atoms. The summed E-state index contributed by atoms with van der Waals surface area (Å²) in [4.78, 5) is 0. The Morgan fingerprint density at radius 1 is 0.875 bits per heavy atom. The molecule has 2 heteroatoms. The van der Waals surface area contributed by atoms with Crippen LogP contribution in [0.2, 0.25) is 0 Å². The molecule has 2 aromatic rings. The van der Waals surface area contributed by atoms with Crippen LogP contribution in [0.15, 0.2) is 48.5 Å². The van der Waals surface area contributed by atoms with E-state index in [1.807, 2.05) is 24.3 Å². The molecule has 0 heterocycles. The Balaban J connectivity index is 1.85. The van der Waals surface area contributed by atoms with Crippen LogP contribution in [0.1, 0.15) is 55.2 Å². The van der Waals surface area contributed by atoms with E-state index < -0.39 is 0 Å². The average molecular weight is 317 g/mol. The number of phenols is 1. The maximum Gasteiger partial charge on any atom is 0.115 e. The summed E-state index contributed by atoms with van der Waals surface area (Å²) < 4.78 is 0. The van der Waals surface area contributed by atoms with Gasteiger partial charge in [0.05, 0.1) is 11.6 Å². The zero-order valence-electron chi connectivity index (χ0n) is 13.9. The monoisotopic (exact) mass is 317 g/mol. The molecule has 2 saturated carbocycles. The van der Waals surface area contributed by atoms with Gasteiger partial charge < -0.3 is 5.11 Å². The molecule has 122 valence electrons. The summed E-state index contributed by atoms with van der Waals surface area (Å²) in [5.74, 6) is 1.80. The molecule has 3 unspecified atom stereocenters. The summed E-state index contributed by atoms with van der Waals surface area (Å²) in [6.07, 6.45) is 7.76. The molecule has 0 spiro atoms. The summed E-state index contributed by atoms with van der Waals surface area (Å²) in [5, 5.41) is 18.8. The van der Waals surface area contributed by atoms with Crippen LogP contribution in [0.3, 0.4) is 0 Å². The zero-order valence-corrected chi connectivity index (χ0v) is 13.9. The highest BCUT2D eigenvalue weighted by Gasteiger charge is 2.50. The fourth-order valence-electron chi connectivity index (χ4n) is 5.28. The van der Waals surface area contributed by atoms with Gasteiger partial charge in [0.1, 0.15) is 5.75 Å². The number of rotatable bonds is 2. The van der Waals surface area contributed by atoms with E-state index in [4.69, 9.17) is 5.26 Å². The minimum atomic E-state index is 0.0345. The van der Waals surface area contributed by atoms with E-state index in [1.165, 1.54) is 49.7 Å². The second kappa shape index (κ2) is 5.98. The zero-order chi connectivity index (χ0) is 16.6. The number of nitrogens with zero attached hydrogens (tertiary/aromatic N) is 1. The number of fused-ring (bicyclic) bond motifs is 1. The number of benzene rings is 2. The molecule has 2 aliphatic carbocycles. The Morgan fingerprint density at radius 3 is 2.17 bits per heavy atom. The number of phenolic OH excluding ortho intramolecular Hbond substituents is 1. The molecule has 2 aromatic carbocycles. The maximum absolute atomic E-state index is 9.72. The largest absolute Gasteiger partial charge is 0.508 e. The SMILES string of the molecule is N#Cc1ccc(C2(c3ccc(O)cc3)CCC3CCCCC32)cc1. The first-order valence-corrected chi connectivity index (χ1v) is 9.04. The summed E-state index contributed by atoms with van der Waals surface area (Å²) in [6.45, 7) is 0. The Hall–Kier alpha value is -2.27. The van der Waals surface area contributed by atoms with Crippen molar-refractivity contribution in [1.82, 2.24) is 0 Å². The van der Waals surface area contributed by atoms with Gasteiger partial charge >= 0.3 is 0 Å². The van der Waals surface area contributed by atoms with Gasteiger partial charge in [-0.25, -0.2) is 0 Å². The number of hydrogen-bond acceptors (Lipinski definition) is 2. The predicted molar refractivity (Wildman–Crippen MR) is 94.7 cm³/mol. The molecule has 0 radical (unpaired) electrons. The van der Waals surface area contributed by atoms with E-state index in [0.29, 0.717) is 11.7 Å². The first-order chi connectivity index (χ1) is 11.7. The van der Waals surface area contributed by atoms with Crippen molar-refractivity contribution >= 4 is 0 Å². The first kappa shape index (κ1) is 15.3. The lowest BCUT2D eigenvalue weighted by atomic mass is 9.62. The van der Waals surface area contributed by atoms with Crippen molar-refractivity contribution in [1.29, 1.82) is 5.26 Å². The topological polar surface area (TPSA) is 44.0 Å². The molecule has 0 amide bonds. The van der Waals surface area contributed by atoms with E-state index in [1.54, 1.807) is 0 Å². The van der Waals surface area contributed by atoms with Crippen molar-refractivity contribution < 1.29 is 5.11 Å². The van der Waals surface area contributed by atoms with Crippen LogP contribution in [-0.2, 0) is 5.41 Å². The van der Waals surface area contributed by atoms with Gasteiger partial charge in [-0.15, -0.1) is 0 Å². The van der Waals surface area contributed by atoms with E-state index >= 15 is 0 Å². The average Bonchev–Trinajstić information content (AvgIpc) is 3.03. The molecule has 2 nitrogen and oxygen atoms in total. The number of nitriles is 1. The Bertz CT molecular complexity index is 756. The lowest BCUT2D eigenvalue weighted by Gasteiger charge is -2.41. The third kappa shape index (κ3) is 2.31. The smallest absolute Gasteiger partial charge is 0.115 e. The predicted octanol–water partition coefficient (Wildman–Crippen LogP) is 5.15. The number of hydrogen-bond donors (Lipinski definition) is 1. The lowest BCUT2D eigenvalue weighted by molar-refractivity contribution is 0.221. The van der Waals surface area contributed by atoms with Gasteiger partial charge in [0.25, 0.3) is 0 Å². The Labute approximate surface area is 143 Å². The van der Waals surface area contributed by atoms with E-state index in [-0.39, 0.29) is 5.41 Å². The van der Waals surface area contributed by atoms with Crippen molar-refractivity contribution in [2.45, 2.75) is 43.9 Å². The summed E-state index contributed by atoms with van der Waals surface area (Å²) >= 11 is 0. The molecular formula is C22H23NO. The van der Waals surface area contributed by atoms with Gasteiger partial charge in [0, 0.05) is 5.41 Å². The van der Waals surface area contributed by atoms with Crippen LogP contribution < -0.4 is 0 Å². The molecule has 0 saturated heterocycles. The van der Waals surface area contributed by atoms with Gasteiger partial charge in [-0.2, -0.15) is 5.26 Å². The molecule has 2 fully saturated rings. The van der Waals surface area contributed by atoms with Crippen molar-refractivity contribution in [3.63, 3.8) is 0 Å². The standard InChI is InChI=1S/C22H23NO/c23-15-16-5-7-18(8-6-16)22(19-9-11-20(24)12-10-19)14-13-17-3-1-2-4-21(17)22/h5-12,17,21,24H,1-4,13-14H2.